The van der Waals surface area contributed by atoms with E-state index in [2.05, 4.69) is 4.99 Å². The number of carboxylic acid groups (broad SMARTS) is 1. The zero-order chi connectivity index (χ0) is 13.1. The van der Waals surface area contributed by atoms with Gasteiger partial charge in [0.05, 0.1) is 0 Å². The van der Waals surface area contributed by atoms with Crippen molar-refractivity contribution in [2.45, 2.75) is 6.92 Å². The van der Waals surface area contributed by atoms with Crippen LogP contribution in [0.5, 0.6) is 0 Å². The van der Waals surface area contributed by atoms with Gasteiger partial charge in [0.25, 0.3) is 0 Å². The second kappa shape index (κ2) is 5.16. The van der Waals surface area contributed by atoms with Crippen molar-refractivity contribution >= 4 is 36.2 Å². The number of benzene rings is 1. The summed E-state index contributed by atoms with van der Waals surface area (Å²) in [5.41, 5.74) is 0.929. The first kappa shape index (κ1) is 12.5. The van der Waals surface area contributed by atoms with Crippen LogP contribution in [0.3, 0.4) is 0 Å². The Hall–Kier alpha value is -1.91. The molecule has 0 saturated carbocycles. The molecule has 18 heavy (non-hydrogen) atoms. The van der Waals surface area contributed by atoms with Crippen molar-refractivity contribution < 1.29 is 14.7 Å². The molecule has 5 nitrogen and oxygen atoms in total. The van der Waals surface area contributed by atoms with E-state index < -0.39 is 19.8 Å². The molecule has 0 bridgehead atoms. The average molecular weight is 309 g/mol. The Labute approximate surface area is 110 Å². The van der Waals surface area contributed by atoms with Crippen molar-refractivity contribution in [3.8, 4) is 0 Å². The summed E-state index contributed by atoms with van der Waals surface area (Å²) in [5.74, 6) is -0.276. The number of hydrogen-bond acceptors (Lipinski definition) is 3. The van der Waals surface area contributed by atoms with Gasteiger partial charge in [-0.3, -0.25) is 0 Å². The van der Waals surface area contributed by atoms with Gasteiger partial charge in [-0.15, -0.1) is 0 Å². The summed E-state index contributed by atoms with van der Waals surface area (Å²) in [6, 6.07) is 8.93. The van der Waals surface area contributed by atoms with Gasteiger partial charge in [-0.2, -0.15) is 0 Å². The van der Waals surface area contributed by atoms with Crippen LogP contribution in [0.25, 0.3) is 0 Å². The number of amidine groups is 1. The van der Waals surface area contributed by atoms with Gasteiger partial charge in [0.15, 0.2) is 0 Å². The topological polar surface area (TPSA) is 70.0 Å². The SMILES string of the molecule is C/C=C1\N=C([Se]C(=O)O)N(c2ccccc2)C1=O. The molecule has 1 amide bonds. The molecule has 0 unspecified atom stereocenters. The number of para-hydroxylation sites is 1. The Morgan fingerprint density at radius 2 is 2.06 bits per heavy atom. The first-order valence-corrected chi connectivity index (χ1v) is 6.90. The molecule has 0 atom stereocenters. The number of carbonyl (C=O) groups is 2. The molecular formula is C12H10N2O3Se. The first-order valence-electron chi connectivity index (χ1n) is 5.18. The van der Waals surface area contributed by atoms with E-state index >= 15 is 0 Å². The molecule has 1 heterocycles. The molecule has 6 heteroatoms. The molecule has 0 aliphatic carbocycles. The second-order valence-electron chi connectivity index (χ2n) is 3.41. The Morgan fingerprint density at radius 1 is 1.39 bits per heavy atom. The minimum atomic E-state index is -0.952. The fraction of sp³-hybridized carbons (Fsp3) is 0.0833. The molecule has 0 aromatic heterocycles. The van der Waals surface area contributed by atoms with Crippen LogP contribution in [-0.2, 0) is 4.79 Å². The van der Waals surface area contributed by atoms with Gasteiger partial charge in [-0.05, 0) is 0 Å². The summed E-state index contributed by atoms with van der Waals surface area (Å²) in [6.07, 6.45) is 1.59. The Kier molecular flexibility index (Phi) is 3.60. The van der Waals surface area contributed by atoms with Crippen molar-refractivity contribution in [1.29, 1.82) is 0 Å². The first-order chi connectivity index (χ1) is 8.63. The number of anilines is 1. The van der Waals surface area contributed by atoms with Crippen LogP contribution in [0.1, 0.15) is 6.92 Å². The van der Waals surface area contributed by atoms with E-state index in [1.807, 2.05) is 6.07 Å². The van der Waals surface area contributed by atoms with Gasteiger partial charge >= 0.3 is 110 Å². The van der Waals surface area contributed by atoms with Crippen molar-refractivity contribution in [3.05, 3.63) is 42.1 Å². The molecule has 1 N–H and O–H groups in total. The fourth-order valence-corrected chi connectivity index (χ4v) is 2.76. The number of rotatable bonds is 3. The quantitative estimate of drug-likeness (QED) is 0.682. The number of amides is 1. The van der Waals surface area contributed by atoms with Crippen LogP contribution >= 0.6 is 0 Å². The molecular weight excluding hydrogens is 299 g/mol. The number of allylic oxidation sites excluding steroid dienone is 1. The van der Waals surface area contributed by atoms with E-state index in [1.165, 1.54) is 4.90 Å². The van der Waals surface area contributed by atoms with Gasteiger partial charge in [0.2, 0.25) is 0 Å². The summed E-state index contributed by atoms with van der Waals surface area (Å²) in [5, 5.41) is 8.87. The molecule has 0 saturated heterocycles. The fourth-order valence-electron chi connectivity index (χ4n) is 1.54. The molecule has 92 valence electrons. The van der Waals surface area contributed by atoms with E-state index in [1.54, 1.807) is 37.3 Å². The molecule has 2 rings (SSSR count). The third-order valence-electron chi connectivity index (χ3n) is 2.30. The van der Waals surface area contributed by atoms with Gasteiger partial charge in [0.1, 0.15) is 0 Å². The number of hydrogen-bond donors (Lipinski definition) is 1. The predicted octanol–water partition coefficient (Wildman–Crippen LogP) is 1.68. The van der Waals surface area contributed by atoms with E-state index in [9.17, 15) is 9.59 Å². The standard InChI is InChI=1S/C12H10N2O3Se/c1-2-9-10(15)14(8-6-4-3-5-7-8)11(13-9)18-12(16)17/h2-7H,1H3,(H,16,17)/b9-2-. The molecule has 0 spiro atoms. The van der Waals surface area contributed by atoms with Crippen molar-refractivity contribution in [3.63, 3.8) is 0 Å². The Bertz CT molecular complexity index is 552. The van der Waals surface area contributed by atoms with Gasteiger partial charge in [0, 0.05) is 0 Å². The van der Waals surface area contributed by atoms with Crippen LogP contribution < -0.4 is 4.90 Å². The molecule has 1 aromatic rings. The maximum atomic E-state index is 12.1. The number of nitrogens with zero attached hydrogens (tertiary/aromatic N) is 2. The molecule has 1 aliphatic rings. The van der Waals surface area contributed by atoms with Crippen molar-refractivity contribution in [1.82, 2.24) is 0 Å². The summed E-state index contributed by atoms with van der Waals surface area (Å²) >= 11 is -0.879. The van der Waals surface area contributed by atoms with E-state index in [0.29, 0.717) is 10.4 Å². The van der Waals surface area contributed by atoms with E-state index in [0.717, 1.165) is 0 Å². The third-order valence-corrected chi connectivity index (χ3v) is 3.62. The summed E-state index contributed by atoms with van der Waals surface area (Å²) < 4.78 is 0.305. The normalized spacial score (nSPS) is 17.2. The molecule has 0 fully saturated rings. The van der Waals surface area contributed by atoms with Crippen LogP contribution in [0.2, 0.25) is 0 Å². The number of carbonyl (C=O) groups excluding carboxylic acids is 1. The zero-order valence-corrected chi connectivity index (χ0v) is 11.2. The number of aliphatic imine (C=N–C) groups is 1. The average Bonchev–Trinajstić information content (AvgIpc) is 2.66. The Morgan fingerprint density at radius 3 is 2.61 bits per heavy atom. The van der Waals surface area contributed by atoms with Crippen LogP contribution in [-0.4, -0.2) is 35.6 Å². The summed E-state index contributed by atoms with van der Waals surface area (Å²) in [4.78, 5) is 27.4. The van der Waals surface area contributed by atoms with Crippen molar-refractivity contribution in [2.24, 2.45) is 4.99 Å². The minimum absolute atomic E-state index is 0.276. The summed E-state index contributed by atoms with van der Waals surface area (Å²) in [6.45, 7) is 1.70. The summed E-state index contributed by atoms with van der Waals surface area (Å²) in [7, 11) is 0. The molecule has 1 aromatic carbocycles. The zero-order valence-electron chi connectivity index (χ0n) is 9.53. The van der Waals surface area contributed by atoms with Gasteiger partial charge in [-0.1, -0.05) is 0 Å². The Balaban J connectivity index is 2.41. The molecule has 0 radical (unpaired) electrons. The van der Waals surface area contributed by atoms with Crippen LogP contribution in [0.4, 0.5) is 10.5 Å². The monoisotopic (exact) mass is 310 g/mol. The van der Waals surface area contributed by atoms with Gasteiger partial charge in [-0.25, -0.2) is 0 Å². The molecule has 1 aliphatic heterocycles. The van der Waals surface area contributed by atoms with Crippen LogP contribution in [0, 0.1) is 0 Å². The van der Waals surface area contributed by atoms with E-state index in [-0.39, 0.29) is 11.6 Å². The maximum absolute atomic E-state index is 12.1. The third kappa shape index (κ3) is 2.34. The predicted molar refractivity (Wildman–Crippen MR) is 68.9 cm³/mol. The second-order valence-corrected chi connectivity index (χ2v) is 5.34. The van der Waals surface area contributed by atoms with Crippen molar-refractivity contribution in [2.75, 3.05) is 4.90 Å². The van der Waals surface area contributed by atoms with Crippen LogP contribution in [0.15, 0.2) is 47.1 Å². The van der Waals surface area contributed by atoms with Gasteiger partial charge < -0.3 is 0 Å². The van der Waals surface area contributed by atoms with E-state index in [4.69, 9.17) is 5.11 Å².